The lowest BCUT2D eigenvalue weighted by molar-refractivity contribution is -0.176. The molecule has 3 N–H and O–H groups in total. The summed E-state index contributed by atoms with van der Waals surface area (Å²) in [6, 6.07) is 1.82. The Balaban J connectivity index is 2.33. The zero-order valence-electron chi connectivity index (χ0n) is 11.0. The minimum atomic E-state index is -4.35. The van der Waals surface area contributed by atoms with Crippen molar-refractivity contribution >= 4 is 17.3 Å². The van der Waals surface area contributed by atoms with Gasteiger partial charge in [0.05, 0.1) is 17.2 Å². The molecule has 1 fully saturated rings. The SMILES string of the molecule is Nc1cc(F)c(N2CCCC(C(F)(F)F)C2)cc1C(=O)O. The summed E-state index contributed by atoms with van der Waals surface area (Å²) < 4.78 is 52.2. The number of alkyl halides is 3. The molecule has 1 atom stereocenters. The number of carboxylic acid groups (broad SMARTS) is 1. The Morgan fingerprint density at radius 1 is 1.38 bits per heavy atom. The number of piperidine rings is 1. The van der Waals surface area contributed by atoms with Crippen molar-refractivity contribution in [1.82, 2.24) is 0 Å². The van der Waals surface area contributed by atoms with Crippen LogP contribution >= 0.6 is 0 Å². The lowest BCUT2D eigenvalue weighted by Gasteiger charge is -2.35. The maximum Gasteiger partial charge on any atom is 0.393 e. The molecule has 21 heavy (non-hydrogen) atoms. The molecule has 1 aromatic rings. The quantitative estimate of drug-likeness (QED) is 0.651. The molecule has 0 bridgehead atoms. The van der Waals surface area contributed by atoms with E-state index in [1.807, 2.05) is 0 Å². The molecule has 1 aliphatic heterocycles. The zero-order valence-corrected chi connectivity index (χ0v) is 11.0. The van der Waals surface area contributed by atoms with Crippen LogP contribution in [0.15, 0.2) is 12.1 Å². The van der Waals surface area contributed by atoms with Gasteiger partial charge in [0.1, 0.15) is 5.82 Å². The van der Waals surface area contributed by atoms with Crippen LogP contribution in [0.5, 0.6) is 0 Å². The summed E-state index contributed by atoms with van der Waals surface area (Å²) in [5, 5.41) is 8.96. The van der Waals surface area contributed by atoms with Gasteiger partial charge in [-0.3, -0.25) is 0 Å². The van der Waals surface area contributed by atoms with E-state index in [2.05, 4.69) is 0 Å². The number of nitrogens with two attached hydrogens (primary N) is 1. The van der Waals surface area contributed by atoms with Crippen molar-refractivity contribution in [3.63, 3.8) is 0 Å². The third-order valence-electron chi connectivity index (χ3n) is 3.57. The Hall–Kier alpha value is -1.99. The highest BCUT2D eigenvalue weighted by molar-refractivity contribution is 5.95. The lowest BCUT2D eigenvalue weighted by Crippen LogP contribution is -2.42. The number of nitrogens with zero attached hydrogens (tertiary/aromatic N) is 1. The number of halogens is 4. The Morgan fingerprint density at radius 2 is 2.05 bits per heavy atom. The van der Waals surface area contributed by atoms with E-state index in [-0.39, 0.29) is 42.9 Å². The third kappa shape index (κ3) is 3.20. The fraction of sp³-hybridized carbons (Fsp3) is 0.462. The van der Waals surface area contributed by atoms with Crippen LogP contribution in [0.1, 0.15) is 23.2 Å². The van der Waals surface area contributed by atoms with Crippen molar-refractivity contribution in [2.24, 2.45) is 5.92 Å². The maximum absolute atomic E-state index is 13.9. The van der Waals surface area contributed by atoms with E-state index in [9.17, 15) is 22.4 Å². The van der Waals surface area contributed by atoms with Crippen LogP contribution in [0.3, 0.4) is 0 Å². The summed E-state index contributed by atoms with van der Waals surface area (Å²) in [7, 11) is 0. The molecule has 0 aliphatic carbocycles. The molecule has 1 aromatic carbocycles. The average Bonchev–Trinajstić information content (AvgIpc) is 2.37. The van der Waals surface area contributed by atoms with E-state index in [0.717, 1.165) is 12.1 Å². The van der Waals surface area contributed by atoms with E-state index >= 15 is 0 Å². The summed E-state index contributed by atoms with van der Waals surface area (Å²) in [4.78, 5) is 12.2. The molecule has 0 aromatic heterocycles. The Bertz CT molecular complexity index is 560. The van der Waals surface area contributed by atoms with E-state index in [4.69, 9.17) is 10.8 Å². The summed E-state index contributed by atoms with van der Waals surface area (Å²) in [6.07, 6.45) is -4.10. The number of rotatable bonds is 2. The molecule has 1 heterocycles. The van der Waals surface area contributed by atoms with Crippen LogP contribution in [0.2, 0.25) is 0 Å². The van der Waals surface area contributed by atoms with Crippen LogP contribution in [-0.2, 0) is 0 Å². The number of aromatic carboxylic acids is 1. The number of hydrogen-bond acceptors (Lipinski definition) is 3. The second kappa shape index (κ2) is 5.42. The first-order chi connectivity index (χ1) is 9.70. The maximum atomic E-state index is 13.9. The molecular weight excluding hydrogens is 292 g/mol. The minimum absolute atomic E-state index is 0.0115. The van der Waals surface area contributed by atoms with Gasteiger partial charge in [0.2, 0.25) is 0 Å². The number of carboxylic acids is 1. The third-order valence-corrected chi connectivity index (χ3v) is 3.57. The standard InChI is InChI=1S/C13H14F4N2O2/c14-9-5-10(18)8(12(20)21)4-11(9)19-3-1-2-7(6-19)13(15,16)17/h4-5,7H,1-3,6,18H2,(H,20,21). The summed E-state index contributed by atoms with van der Waals surface area (Å²) >= 11 is 0. The van der Waals surface area contributed by atoms with E-state index in [1.165, 1.54) is 4.90 Å². The van der Waals surface area contributed by atoms with Gasteiger partial charge in [0, 0.05) is 18.8 Å². The first kappa shape index (κ1) is 15.4. The Kier molecular flexibility index (Phi) is 3.97. The molecule has 8 heteroatoms. The number of anilines is 2. The van der Waals surface area contributed by atoms with E-state index in [1.54, 1.807) is 0 Å². The van der Waals surface area contributed by atoms with Gasteiger partial charge in [-0.15, -0.1) is 0 Å². The van der Waals surface area contributed by atoms with Crippen molar-refractivity contribution in [2.75, 3.05) is 23.7 Å². The lowest BCUT2D eigenvalue weighted by atomic mass is 9.96. The van der Waals surface area contributed by atoms with Gasteiger partial charge >= 0.3 is 12.1 Å². The normalized spacial score (nSPS) is 19.6. The van der Waals surface area contributed by atoms with Gasteiger partial charge < -0.3 is 15.7 Å². The van der Waals surface area contributed by atoms with Gasteiger partial charge in [-0.1, -0.05) is 0 Å². The number of nitrogen functional groups attached to an aromatic ring is 1. The van der Waals surface area contributed by atoms with E-state index < -0.39 is 23.9 Å². The van der Waals surface area contributed by atoms with Gasteiger partial charge in [-0.2, -0.15) is 13.2 Å². The molecule has 1 aliphatic rings. The van der Waals surface area contributed by atoms with Crippen LogP contribution in [0.4, 0.5) is 28.9 Å². The molecule has 0 spiro atoms. The van der Waals surface area contributed by atoms with Crippen LogP contribution in [-0.4, -0.2) is 30.3 Å². The minimum Gasteiger partial charge on any atom is -0.478 e. The Morgan fingerprint density at radius 3 is 2.62 bits per heavy atom. The summed E-state index contributed by atoms with van der Waals surface area (Å²) in [5.41, 5.74) is 4.67. The largest absolute Gasteiger partial charge is 0.478 e. The van der Waals surface area contributed by atoms with Gasteiger partial charge in [-0.05, 0) is 25.0 Å². The Labute approximate surface area is 118 Å². The first-order valence-electron chi connectivity index (χ1n) is 6.34. The predicted molar refractivity (Wildman–Crippen MR) is 68.8 cm³/mol. The molecule has 1 saturated heterocycles. The second-order valence-electron chi connectivity index (χ2n) is 5.02. The van der Waals surface area contributed by atoms with Gasteiger partial charge in [0.15, 0.2) is 0 Å². The summed E-state index contributed by atoms with van der Waals surface area (Å²) in [6.45, 7) is -0.143. The highest BCUT2D eigenvalue weighted by atomic mass is 19.4. The van der Waals surface area contributed by atoms with Gasteiger partial charge in [0.25, 0.3) is 0 Å². The zero-order chi connectivity index (χ0) is 15.8. The molecular formula is C13H14F4N2O2. The highest BCUT2D eigenvalue weighted by Gasteiger charge is 2.42. The van der Waals surface area contributed by atoms with E-state index in [0.29, 0.717) is 0 Å². The first-order valence-corrected chi connectivity index (χ1v) is 6.34. The monoisotopic (exact) mass is 306 g/mol. The molecule has 2 rings (SSSR count). The van der Waals surface area contributed by atoms with Crippen molar-refractivity contribution in [3.8, 4) is 0 Å². The molecule has 1 unspecified atom stereocenters. The van der Waals surface area contributed by atoms with Crippen molar-refractivity contribution in [1.29, 1.82) is 0 Å². The van der Waals surface area contributed by atoms with Crippen LogP contribution < -0.4 is 10.6 Å². The molecule has 0 radical (unpaired) electrons. The second-order valence-corrected chi connectivity index (χ2v) is 5.02. The van der Waals surface area contributed by atoms with Crippen LogP contribution in [0, 0.1) is 11.7 Å². The average molecular weight is 306 g/mol. The van der Waals surface area contributed by atoms with Crippen molar-refractivity contribution < 1.29 is 27.5 Å². The fourth-order valence-electron chi connectivity index (χ4n) is 2.47. The number of hydrogen-bond donors (Lipinski definition) is 2. The molecule has 116 valence electrons. The van der Waals surface area contributed by atoms with Gasteiger partial charge in [-0.25, -0.2) is 9.18 Å². The smallest absolute Gasteiger partial charge is 0.393 e. The molecule has 0 saturated carbocycles. The molecule has 0 amide bonds. The number of benzene rings is 1. The predicted octanol–water partition coefficient (Wildman–Crippen LogP) is 2.88. The van der Waals surface area contributed by atoms with Crippen molar-refractivity contribution in [2.45, 2.75) is 19.0 Å². The van der Waals surface area contributed by atoms with Crippen molar-refractivity contribution in [3.05, 3.63) is 23.5 Å². The topological polar surface area (TPSA) is 66.6 Å². The molecule has 4 nitrogen and oxygen atoms in total. The summed E-state index contributed by atoms with van der Waals surface area (Å²) in [5.74, 6) is -3.71. The van der Waals surface area contributed by atoms with Crippen LogP contribution in [0.25, 0.3) is 0 Å². The fourth-order valence-corrected chi connectivity index (χ4v) is 2.47. The number of carbonyl (C=O) groups is 1. The highest BCUT2D eigenvalue weighted by Crippen LogP contribution is 2.36.